The molecule has 0 heterocycles. The van der Waals surface area contributed by atoms with E-state index in [2.05, 4.69) is 5.32 Å². The molecule has 0 fully saturated rings. The van der Waals surface area contributed by atoms with Crippen LogP contribution in [0, 0.1) is 10.1 Å². The Morgan fingerprint density at radius 3 is 2.50 bits per heavy atom. The molecule has 0 aliphatic heterocycles. The van der Waals surface area contributed by atoms with Crippen LogP contribution in [0.2, 0.25) is 10.0 Å². The first-order valence-electron chi connectivity index (χ1n) is 8.01. The van der Waals surface area contributed by atoms with Gasteiger partial charge in [0.1, 0.15) is 0 Å². The van der Waals surface area contributed by atoms with Crippen molar-refractivity contribution < 1.29 is 19.2 Å². The monoisotopic (exact) mass is 425 g/mol. The highest BCUT2D eigenvalue weighted by Crippen LogP contribution is 2.27. The van der Waals surface area contributed by atoms with E-state index in [4.69, 9.17) is 27.9 Å². The SMILES string of the molecule is COc1ccc(C(=O)NCC(=O)N(C)Cc2ccc(Cl)c(Cl)c2)cc1[N+](=O)[O-]. The van der Waals surface area contributed by atoms with Crippen LogP contribution < -0.4 is 10.1 Å². The van der Waals surface area contributed by atoms with Crippen molar-refractivity contribution in [2.45, 2.75) is 6.54 Å². The van der Waals surface area contributed by atoms with Crippen molar-refractivity contribution >= 4 is 40.7 Å². The number of hydrogen-bond acceptors (Lipinski definition) is 5. The summed E-state index contributed by atoms with van der Waals surface area (Å²) in [5, 5.41) is 14.3. The van der Waals surface area contributed by atoms with E-state index in [1.54, 1.807) is 25.2 Å². The number of benzene rings is 2. The molecule has 0 unspecified atom stereocenters. The van der Waals surface area contributed by atoms with Gasteiger partial charge in [-0.25, -0.2) is 0 Å². The van der Waals surface area contributed by atoms with E-state index in [1.807, 2.05) is 0 Å². The molecule has 2 amide bonds. The van der Waals surface area contributed by atoms with E-state index in [0.717, 1.165) is 11.6 Å². The fourth-order valence-electron chi connectivity index (χ4n) is 2.37. The summed E-state index contributed by atoms with van der Waals surface area (Å²) in [6, 6.07) is 8.83. The number of nitro benzene ring substituents is 1. The molecular weight excluding hydrogens is 409 g/mol. The van der Waals surface area contributed by atoms with Crippen LogP contribution in [0.5, 0.6) is 5.75 Å². The van der Waals surface area contributed by atoms with Crippen molar-refractivity contribution in [3.8, 4) is 5.75 Å². The van der Waals surface area contributed by atoms with Gasteiger partial charge in [0.2, 0.25) is 5.91 Å². The van der Waals surface area contributed by atoms with Gasteiger partial charge in [-0.15, -0.1) is 0 Å². The Balaban J connectivity index is 1.97. The zero-order valence-corrected chi connectivity index (χ0v) is 16.6. The Kier molecular flexibility index (Phi) is 7.19. The third-order valence-electron chi connectivity index (χ3n) is 3.87. The molecule has 0 aromatic heterocycles. The van der Waals surface area contributed by atoms with Gasteiger partial charge in [-0.3, -0.25) is 19.7 Å². The largest absolute Gasteiger partial charge is 0.490 e. The van der Waals surface area contributed by atoms with Crippen LogP contribution in [0.4, 0.5) is 5.69 Å². The number of nitrogens with zero attached hydrogens (tertiary/aromatic N) is 2. The van der Waals surface area contributed by atoms with E-state index >= 15 is 0 Å². The van der Waals surface area contributed by atoms with Crippen LogP contribution in [0.15, 0.2) is 36.4 Å². The number of rotatable bonds is 7. The minimum Gasteiger partial charge on any atom is -0.490 e. The fourth-order valence-corrected chi connectivity index (χ4v) is 2.69. The number of amides is 2. The summed E-state index contributed by atoms with van der Waals surface area (Å²) in [5.41, 5.74) is 0.494. The lowest BCUT2D eigenvalue weighted by atomic mass is 10.1. The minimum absolute atomic E-state index is 0.0407. The van der Waals surface area contributed by atoms with Gasteiger partial charge in [-0.05, 0) is 29.8 Å². The van der Waals surface area contributed by atoms with Crippen LogP contribution in [0.25, 0.3) is 0 Å². The molecule has 10 heteroatoms. The Morgan fingerprint density at radius 1 is 1.18 bits per heavy atom. The third kappa shape index (κ3) is 5.34. The van der Waals surface area contributed by atoms with Crippen LogP contribution in [0.1, 0.15) is 15.9 Å². The Hall–Kier alpha value is -2.84. The number of nitro groups is 1. The first kappa shape index (κ1) is 21.5. The average molecular weight is 426 g/mol. The van der Waals surface area contributed by atoms with Gasteiger partial charge in [0.05, 0.1) is 28.6 Å². The van der Waals surface area contributed by atoms with Crippen LogP contribution in [-0.2, 0) is 11.3 Å². The summed E-state index contributed by atoms with van der Waals surface area (Å²) in [5.74, 6) is -0.913. The summed E-state index contributed by atoms with van der Waals surface area (Å²) in [6.07, 6.45) is 0. The molecule has 0 aliphatic carbocycles. The highest BCUT2D eigenvalue weighted by molar-refractivity contribution is 6.42. The van der Waals surface area contributed by atoms with Gasteiger partial charge in [-0.2, -0.15) is 0 Å². The molecule has 148 valence electrons. The van der Waals surface area contributed by atoms with Gasteiger partial charge in [0.25, 0.3) is 5.91 Å². The average Bonchev–Trinajstić information content (AvgIpc) is 2.67. The van der Waals surface area contributed by atoms with Gasteiger partial charge < -0.3 is 15.0 Å². The van der Waals surface area contributed by atoms with E-state index in [0.29, 0.717) is 10.0 Å². The van der Waals surface area contributed by atoms with Crippen molar-refractivity contribution in [1.82, 2.24) is 10.2 Å². The van der Waals surface area contributed by atoms with Gasteiger partial charge in [0, 0.05) is 25.2 Å². The molecule has 2 aromatic carbocycles. The molecule has 8 nitrogen and oxygen atoms in total. The maximum atomic E-state index is 12.2. The van der Waals surface area contributed by atoms with Crippen LogP contribution >= 0.6 is 23.2 Å². The number of methoxy groups -OCH3 is 1. The van der Waals surface area contributed by atoms with E-state index in [9.17, 15) is 19.7 Å². The predicted octanol–water partition coefficient (Wildman–Crippen LogP) is 3.30. The van der Waals surface area contributed by atoms with Gasteiger partial charge in [-0.1, -0.05) is 29.3 Å². The molecule has 0 atom stereocenters. The number of likely N-dealkylation sites (N-methyl/N-ethyl adjacent to an activating group) is 1. The quantitative estimate of drug-likeness (QED) is 0.541. The Bertz CT molecular complexity index is 920. The number of carbonyl (C=O) groups is 2. The highest BCUT2D eigenvalue weighted by Gasteiger charge is 2.19. The van der Waals surface area contributed by atoms with Crippen molar-refractivity contribution in [1.29, 1.82) is 0 Å². The standard InChI is InChI=1S/C18H17Cl2N3O5/c1-22(10-11-3-5-13(19)14(20)7-11)17(24)9-21-18(25)12-4-6-16(28-2)15(8-12)23(26)27/h3-8H,9-10H2,1-2H3,(H,21,25). The Labute approximate surface area is 171 Å². The molecule has 0 saturated heterocycles. The summed E-state index contributed by atoms with van der Waals surface area (Å²) < 4.78 is 4.89. The van der Waals surface area contributed by atoms with Gasteiger partial charge >= 0.3 is 5.69 Å². The lowest BCUT2D eigenvalue weighted by Crippen LogP contribution is -2.37. The molecule has 1 N–H and O–H groups in total. The molecule has 0 radical (unpaired) electrons. The Morgan fingerprint density at radius 2 is 1.89 bits per heavy atom. The fraction of sp³-hybridized carbons (Fsp3) is 0.222. The van der Waals surface area contributed by atoms with Crippen molar-refractivity contribution in [3.05, 3.63) is 67.7 Å². The molecule has 0 aliphatic rings. The number of carbonyl (C=O) groups excluding carboxylic acids is 2. The molecule has 0 bridgehead atoms. The molecule has 2 rings (SSSR count). The molecule has 0 saturated carbocycles. The van der Waals surface area contributed by atoms with Crippen LogP contribution in [0.3, 0.4) is 0 Å². The maximum Gasteiger partial charge on any atom is 0.311 e. The summed E-state index contributed by atoms with van der Waals surface area (Å²) in [6.45, 7) is 0.0100. The third-order valence-corrected chi connectivity index (χ3v) is 4.61. The van der Waals surface area contributed by atoms with Gasteiger partial charge in [0.15, 0.2) is 5.75 Å². The van der Waals surface area contributed by atoms with E-state index in [-0.39, 0.29) is 36.0 Å². The summed E-state index contributed by atoms with van der Waals surface area (Å²) in [4.78, 5) is 36.3. The smallest absolute Gasteiger partial charge is 0.311 e. The first-order chi connectivity index (χ1) is 13.2. The highest BCUT2D eigenvalue weighted by atomic mass is 35.5. The van der Waals surface area contributed by atoms with Crippen molar-refractivity contribution in [2.75, 3.05) is 20.7 Å². The summed E-state index contributed by atoms with van der Waals surface area (Å²) >= 11 is 11.8. The second-order valence-electron chi connectivity index (χ2n) is 5.82. The topological polar surface area (TPSA) is 102 Å². The zero-order valence-electron chi connectivity index (χ0n) is 15.1. The zero-order chi connectivity index (χ0) is 20.8. The summed E-state index contributed by atoms with van der Waals surface area (Å²) in [7, 11) is 2.87. The molecule has 0 spiro atoms. The lowest BCUT2D eigenvalue weighted by molar-refractivity contribution is -0.385. The van der Waals surface area contributed by atoms with Crippen LogP contribution in [-0.4, -0.2) is 42.3 Å². The van der Waals surface area contributed by atoms with Crippen molar-refractivity contribution in [3.63, 3.8) is 0 Å². The lowest BCUT2D eigenvalue weighted by Gasteiger charge is -2.18. The predicted molar refractivity (Wildman–Crippen MR) is 105 cm³/mol. The number of ether oxygens (including phenoxy) is 1. The number of nitrogens with one attached hydrogen (secondary N) is 1. The molecule has 2 aromatic rings. The normalized spacial score (nSPS) is 10.3. The second kappa shape index (κ2) is 9.38. The number of hydrogen-bond donors (Lipinski definition) is 1. The van der Waals surface area contributed by atoms with Crippen molar-refractivity contribution in [2.24, 2.45) is 0 Å². The molecule has 28 heavy (non-hydrogen) atoms. The maximum absolute atomic E-state index is 12.2. The second-order valence-corrected chi connectivity index (χ2v) is 6.64. The first-order valence-corrected chi connectivity index (χ1v) is 8.77. The van der Waals surface area contributed by atoms with E-state index < -0.39 is 10.8 Å². The number of halogens is 2. The molecular formula is C18H17Cl2N3O5. The van der Waals surface area contributed by atoms with E-state index in [1.165, 1.54) is 24.1 Å². The minimum atomic E-state index is -0.647.